The molecule has 0 amide bonds. The zero-order valence-electron chi connectivity index (χ0n) is 12.2. The number of hydrogen-bond acceptors (Lipinski definition) is 3. The summed E-state index contributed by atoms with van der Waals surface area (Å²) in [4.78, 5) is 1.83. The minimum absolute atomic E-state index is 0. The summed E-state index contributed by atoms with van der Waals surface area (Å²) in [7, 11) is 0. The highest BCUT2D eigenvalue weighted by atomic mass is 35.5. The summed E-state index contributed by atoms with van der Waals surface area (Å²) < 4.78 is 63.9. The van der Waals surface area contributed by atoms with E-state index in [1.807, 2.05) is 4.90 Å². The van der Waals surface area contributed by atoms with E-state index in [4.69, 9.17) is 0 Å². The van der Waals surface area contributed by atoms with Crippen LogP contribution in [-0.4, -0.2) is 43.0 Å². The Balaban J connectivity index is 0.00000264. The maximum atomic E-state index is 12.9. The van der Waals surface area contributed by atoms with Crippen LogP contribution in [-0.2, 0) is 0 Å². The second-order valence-electron chi connectivity index (χ2n) is 5.01. The van der Waals surface area contributed by atoms with Crippen LogP contribution in [0.5, 0.6) is 0 Å². The molecule has 1 N–H and O–H groups in total. The van der Waals surface area contributed by atoms with Gasteiger partial charge in [0.1, 0.15) is 0 Å². The summed E-state index contributed by atoms with van der Waals surface area (Å²) in [5.74, 6) is 0. The van der Waals surface area contributed by atoms with Gasteiger partial charge in [-0.25, -0.2) is 8.78 Å². The second-order valence-corrected chi connectivity index (χ2v) is 6.12. The van der Waals surface area contributed by atoms with Gasteiger partial charge in [0.05, 0.1) is 0 Å². The van der Waals surface area contributed by atoms with Gasteiger partial charge in [-0.1, -0.05) is 18.2 Å². The quantitative estimate of drug-likeness (QED) is 0.608. The fraction of sp³-hybridized carbons (Fsp3) is 0.571. The Hall–Kier alpha value is -0.570. The van der Waals surface area contributed by atoms with Crippen LogP contribution in [0.3, 0.4) is 0 Å². The Morgan fingerprint density at radius 3 is 2.30 bits per heavy atom. The van der Waals surface area contributed by atoms with E-state index in [1.54, 1.807) is 6.07 Å². The molecule has 1 aromatic rings. The second kappa shape index (κ2) is 9.05. The summed E-state index contributed by atoms with van der Waals surface area (Å²) in [6, 6.07) is 5.25. The predicted molar refractivity (Wildman–Crippen MR) is 83.4 cm³/mol. The van der Waals surface area contributed by atoms with Crippen molar-refractivity contribution in [3.63, 3.8) is 0 Å². The van der Waals surface area contributed by atoms with Crippen molar-refractivity contribution in [3.05, 3.63) is 29.8 Å². The largest absolute Gasteiger partial charge is 0.446 e. The fourth-order valence-corrected chi connectivity index (χ4v) is 3.33. The van der Waals surface area contributed by atoms with Crippen molar-refractivity contribution in [3.8, 4) is 0 Å². The van der Waals surface area contributed by atoms with Gasteiger partial charge < -0.3 is 5.32 Å². The molecule has 132 valence electrons. The van der Waals surface area contributed by atoms with Crippen molar-refractivity contribution < 1.29 is 22.0 Å². The molecule has 1 fully saturated rings. The molecule has 1 aliphatic rings. The topological polar surface area (TPSA) is 15.3 Å². The number of nitrogens with zero attached hydrogens (tertiary/aromatic N) is 1. The lowest BCUT2D eigenvalue weighted by molar-refractivity contribution is -0.0328. The highest BCUT2D eigenvalue weighted by Gasteiger charge is 2.33. The molecular formula is C14H18ClF5N2S. The van der Waals surface area contributed by atoms with E-state index in [9.17, 15) is 22.0 Å². The van der Waals surface area contributed by atoms with Gasteiger partial charge in [-0.05, 0) is 23.4 Å². The first-order valence-electron chi connectivity index (χ1n) is 6.94. The van der Waals surface area contributed by atoms with Crippen LogP contribution in [0.25, 0.3) is 0 Å². The van der Waals surface area contributed by atoms with Crippen LogP contribution in [0.2, 0.25) is 0 Å². The third-order valence-corrected chi connectivity index (χ3v) is 4.32. The number of piperazine rings is 1. The molecule has 0 aromatic heterocycles. The van der Waals surface area contributed by atoms with Gasteiger partial charge in [0.2, 0.25) is 6.43 Å². The smallest absolute Gasteiger partial charge is 0.314 e. The molecular weight excluding hydrogens is 359 g/mol. The molecule has 1 aromatic carbocycles. The van der Waals surface area contributed by atoms with Gasteiger partial charge in [-0.3, -0.25) is 4.90 Å². The van der Waals surface area contributed by atoms with E-state index in [0.29, 0.717) is 31.7 Å². The van der Waals surface area contributed by atoms with E-state index in [2.05, 4.69) is 5.32 Å². The Kier molecular flexibility index (Phi) is 8.06. The lowest BCUT2D eigenvalue weighted by atomic mass is 10.0. The first kappa shape index (κ1) is 20.5. The molecule has 0 aliphatic carbocycles. The zero-order chi connectivity index (χ0) is 16.2. The predicted octanol–water partition coefficient (Wildman–Crippen LogP) is 4.32. The summed E-state index contributed by atoms with van der Waals surface area (Å²) in [5.41, 5.74) is -4.11. The SMILES string of the molecule is Cl.FC(F)C[C@H](c1ccccc1SC(F)(F)F)N1CCNCC1. The normalized spacial score (nSPS) is 17.8. The molecule has 9 heteroatoms. The maximum Gasteiger partial charge on any atom is 0.446 e. The van der Waals surface area contributed by atoms with Crippen LogP contribution in [0.15, 0.2) is 29.2 Å². The van der Waals surface area contributed by atoms with Crippen LogP contribution in [0.4, 0.5) is 22.0 Å². The van der Waals surface area contributed by atoms with Gasteiger partial charge in [0.25, 0.3) is 0 Å². The van der Waals surface area contributed by atoms with Gasteiger partial charge in [-0.2, -0.15) is 13.2 Å². The average Bonchev–Trinajstić information content (AvgIpc) is 2.45. The molecule has 1 aliphatic heterocycles. The van der Waals surface area contributed by atoms with Crippen LogP contribution in [0, 0.1) is 0 Å². The number of alkyl halides is 5. The lowest BCUT2D eigenvalue weighted by Gasteiger charge is -2.36. The number of rotatable bonds is 5. The first-order chi connectivity index (χ1) is 10.4. The summed E-state index contributed by atoms with van der Waals surface area (Å²) >= 11 is -0.240. The van der Waals surface area contributed by atoms with Gasteiger partial charge in [0.15, 0.2) is 0 Å². The van der Waals surface area contributed by atoms with Crippen LogP contribution >= 0.6 is 24.2 Å². The Morgan fingerprint density at radius 1 is 1.13 bits per heavy atom. The third kappa shape index (κ3) is 6.45. The van der Waals surface area contributed by atoms with Crippen molar-refractivity contribution in [2.45, 2.75) is 29.3 Å². The van der Waals surface area contributed by atoms with Crippen molar-refractivity contribution >= 4 is 24.2 Å². The molecule has 0 unspecified atom stereocenters. The Bertz CT molecular complexity index is 480. The number of benzene rings is 1. The maximum absolute atomic E-state index is 12.9. The number of nitrogens with one attached hydrogen (secondary N) is 1. The van der Waals surface area contributed by atoms with Crippen molar-refractivity contribution in [2.24, 2.45) is 0 Å². The monoisotopic (exact) mass is 376 g/mol. The molecule has 23 heavy (non-hydrogen) atoms. The molecule has 0 bridgehead atoms. The minimum atomic E-state index is -4.44. The van der Waals surface area contributed by atoms with Gasteiger partial charge >= 0.3 is 5.51 Å². The lowest BCUT2D eigenvalue weighted by Crippen LogP contribution is -2.45. The third-order valence-electron chi connectivity index (χ3n) is 3.50. The molecule has 2 nitrogen and oxygen atoms in total. The Labute approximate surface area is 142 Å². The minimum Gasteiger partial charge on any atom is -0.314 e. The molecule has 0 spiro atoms. The van der Waals surface area contributed by atoms with Gasteiger partial charge in [0, 0.05) is 43.5 Å². The summed E-state index contributed by atoms with van der Waals surface area (Å²) in [6.45, 7) is 2.38. The molecule has 1 saturated heterocycles. The first-order valence-corrected chi connectivity index (χ1v) is 7.76. The van der Waals surface area contributed by atoms with E-state index in [0.717, 1.165) is 0 Å². The van der Waals surface area contributed by atoms with E-state index in [-0.39, 0.29) is 29.1 Å². The number of thioether (sulfide) groups is 1. The average molecular weight is 377 g/mol. The Morgan fingerprint density at radius 2 is 1.74 bits per heavy atom. The highest BCUT2D eigenvalue weighted by molar-refractivity contribution is 8.00. The number of hydrogen-bond donors (Lipinski definition) is 1. The molecule has 0 radical (unpaired) electrons. The fourth-order valence-electron chi connectivity index (χ4n) is 2.61. The zero-order valence-corrected chi connectivity index (χ0v) is 13.8. The summed E-state index contributed by atoms with van der Waals surface area (Å²) in [5, 5.41) is 3.11. The number of halogens is 6. The van der Waals surface area contributed by atoms with Gasteiger partial charge in [-0.15, -0.1) is 12.4 Å². The molecule has 0 saturated carbocycles. The molecule has 1 heterocycles. The van der Waals surface area contributed by atoms with Crippen molar-refractivity contribution in [1.82, 2.24) is 10.2 Å². The van der Waals surface area contributed by atoms with Crippen LogP contribution < -0.4 is 5.32 Å². The highest BCUT2D eigenvalue weighted by Crippen LogP contribution is 2.42. The van der Waals surface area contributed by atoms with E-state index >= 15 is 0 Å². The van der Waals surface area contributed by atoms with Crippen molar-refractivity contribution in [2.75, 3.05) is 26.2 Å². The van der Waals surface area contributed by atoms with Crippen LogP contribution in [0.1, 0.15) is 18.0 Å². The van der Waals surface area contributed by atoms with Crippen molar-refractivity contribution in [1.29, 1.82) is 0 Å². The van der Waals surface area contributed by atoms with E-state index < -0.39 is 24.4 Å². The molecule has 1 atom stereocenters. The molecule has 2 rings (SSSR count). The summed E-state index contributed by atoms with van der Waals surface area (Å²) in [6.07, 6.45) is -3.03. The standard InChI is InChI=1S/C14H17F5N2S.ClH/c15-13(16)9-11(21-7-5-20-6-8-21)10-3-1-2-4-12(10)22-14(17,18)19;/h1-4,11,13,20H,5-9H2;1H/t11-;/m1./s1. The van der Waals surface area contributed by atoms with E-state index in [1.165, 1.54) is 18.2 Å².